The van der Waals surface area contributed by atoms with Crippen molar-refractivity contribution < 1.29 is 9.13 Å². The van der Waals surface area contributed by atoms with E-state index in [0.717, 1.165) is 6.07 Å². The van der Waals surface area contributed by atoms with Crippen molar-refractivity contribution >= 4 is 11.6 Å². The van der Waals surface area contributed by atoms with Gasteiger partial charge in [0.05, 0.1) is 16.1 Å². The summed E-state index contributed by atoms with van der Waals surface area (Å²) in [6.45, 7) is 0. The van der Waals surface area contributed by atoms with Crippen LogP contribution in [0.15, 0.2) is 36.4 Å². The van der Waals surface area contributed by atoms with Crippen LogP contribution in [0.4, 0.5) is 4.39 Å². The fraction of sp³-hybridized carbons (Fsp3) is 0. The van der Waals surface area contributed by atoms with Crippen molar-refractivity contribution in [2.24, 2.45) is 0 Å². The van der Waals surface area contributed by atoms with Crippen LogP contribution in [0.25, 0.3) is 0 Å². The van der Waals surface area contributed by atoms with Gasteiger partial charge in [0.2, 0.25) is 0 Å². The molecule has 0 bridgehead atoms. The number of ether oxygens (including phenoxy) is 1. The first-order valence-corrected chi connectivity index (χ1v) is 5.59. The highest BCUT2D eigenvalue weighted by molar-refractivity contribution is 6.30. The summed E-state index contributed by atoms with van der Waals surface area (Å²) in [5, 5.41) is 17.9. The molecule has 0 unspecified atom stereocenters. The number of hydrogen-bond acceptors (Lipinski definition) is 3. The highest BCUT2D eigenvalue weighted by Gasteiger charge is 2.11. The van der Waals surface area contributed by atoms with Crippen LogP contribution >= 0.6 is 11.6 Å². The molecule has 5 heteroatoms. The zero-order chi connectivity index (χ0) is 13.8. The molecule has 0 atom stereocenters. The van der Waals surface area contributed by atoms with Crippen molar-refractivity contribution in [2.75, 3.05) is 0 Å². The van der Waals surface area contributed by atoms with Gasteiger partial charge in [-0.25, -0.2) is 4.39 Å². The standard InChI is InChI=1S/C14H6ClFN2O/c15-12-6-11(4-5-13(12)16)19-14-9(7-17)2-1-3-10(14)8-18/h1-6H. The molecule has 0 heterocycles. The molecule has 0 saturated carbocycles. The van der Waals surface area contributed by atoms with Gasteiger partial charge in [0, 0.05) is 6.07 Å². The molecule has 3 nitrogen and oxygen atoms in total. The molecule has 92 valence electrons. The Hall–Kier alpha value is -2.56. The molecule has 0 radical (unpaired) electrons. The Bertz CT molecular complexity index is 684. The summed E-state index contributed by atoms with van der Waals surface area (Å²) in [7, 11) is 0. The molecule has 0 aliphatic carbocycles. The first-order valence-electron chi connectivity index (χ1n) is 5.22. The monoisotopic (exact) mass is 272 g/mol. The van der Waals surface area contributed by atoms with Crippen molar-refractivity contribution in [1.82, 2.24) is 0 Å². The molecule has 0 aliphatic rings. The second-order valence-corrected chi connectivity index (χ2v) is 3.99. The van der Waals surface area contributed by atoms with E-state index in [1.165, 1.54) is 24.3 Å². The Kier molecular flexibility index (Phi) is 3.66. The van der Waals surface area contributed by atoms with E-state index < -0.39 is 5.82 Å². The number of nitriles is 2. The Morgan fingerprint density at radius 3 is 2.21 bits per heavy atom. The minimum Gasteiger partial charge on any atom is -0.455 e. The van der Waals surface area contributed by atoms with E-state index in [2.05, 4.69) is 0 Å². The number of halogens is 2. The fourth-order valence-corrected chi connectivity index (χ4v) is 1.65. The van der Waals surface area contributed by atoms with E-state index in [0.29, 0.717) is 0 Å². The number of hydrogen-bond donors (Lipinski definition) is 0. The lowest BCUT2D eigenvalue weighted by Gasteiger charge is -2.09. The number of rotatable bonds is 2. The third-order valence-electron chi connectivity index (χ3n) is 2.37. The van der Waals surface area contributed by atoms with Gasteiger partial charge < -0.3 is 4.74 Å². The lowest BCUT2D eigenvalue weighted by atomic mass is 10.1. The minimum absolute atomic E-state index is 0.0922. The Morgan fingerprint density at radius 2 is 1.68 bits per heavy atom. The van der Waals surface area contributed by atoms with Crippen LogP contribution in [-0.4, -0.2) is 0 Å². The van der Waals surface area contributed by atoms with Crippen LogP contribution in [0.5, 0.6) is 11.5 Å². The van der Waals surface area contributed by atoms with Crippen LogP contribution < -0.4 is 4.74 Å². The Balaban J connectivity index is 2.46. The topological polar surface area (TPSA) is 56.8 Å². The molecule has 0 amide bonds. The Labute approximate surface area is 114 Å². The third-order valence-corrected chi connectivity index (χ3v) is 2.66. The van der Waals surface area contributed by atoms with Crippen LogP contribution in [0.3, 0.4) is 0 Å². The predicted octanol–water partition coefficient (Wildman–Crippen LogP) is 4.01. The average Bonchev–Trinajstić information content (AvgIpc) is 2.43. The van der Waals surface area contributed by atoms with Crippen molar-refractivity contribution in [1.29, 1.82) is 10.5 Å². The van der Waals surface area contributed by atoms with E-state index in [1.54, 1.807) is 6.07 Å². The maximum absolute atomic E-state index is 13.0. The maximum Gasteiger partial charge on any atom is 0.162 e. The van der Waals surface area contributed by atoms with Gasteiger partial charge in [0.15, 0.2) is 5.75 Å². The summed E-state index contributed by atoms with van der Waals surface area (Å²) in [6.07, 6.45) is 0. The summed E-state index contributed by atoms with van der Waals surface area (Å²) in [5.41, 5.74) is 0.444. The zero-order valence-corrected chi connectivity index (χ0v) is 10.3. The van der Waals surface area contributed by atoms with Crippen molar-refractivity contribution in [3.05, 3.63) is 58.4 Å². The fourth-order valence-electron chi connectivity index (χ4n) is 1.48. The summed E-state index contributed by atoms with van der Waals surface area (Å²) >= 11 is 5.64. The molecule has 0 aromatic heterocycles. The minimum atomic E-state index is -0.567. The predicted molar refractivity (Wildman–Crippen MR) is 67.4 cm³/mol. The van der Waals surface area contributed by atoms with E-state index in [-0.39, 0.29) is 27.6 Å². The number of para-hydroxylation sites is 1. The molecule has 0 saturated heterocycles. The molecule has 0 spiro atoms. The van der Waals surface area contributed by atoms with Gasteiger partial charge in [0.1, 0.15) is 23.7 Å². The largest absolute Gasteiger partial charge is 0.455 e. The molecule has 0 N–H and O–H groups in total. The second-order valence-electron chi connectivity index (χ2n) is 3.58. The summed E-state index contributed by atoms with van der Waals surface area (Å²) in [4.78, 5) is 0. The Morgan fingerprint density at radius 1 is 1.05 bits per heavy atom. The smallest absolute Gasteiger partial charge is 0.162 e. The zero-order valence-electron chi connectivity index (χ0n) is 9.52. The number of benzene rings is 2. The molecule has 0 aliphatic heterocycles. The first-order chi connectivity index (χ1) is 9.15. The van der Waals surface area contributed by atoms with Gasteiger partial charge in [-0.3, -0.25) is 0 Å². The van der Waals surface area contributed by atoms with Gasteiger partial charge in [-0.2, -0.15) is 10.5 Å². The van der Waals surface area contributed by atoms with Crippen LogP contribution in [0, 0.1) is 28.5 Å². The molecule has 2 rings (SSSR count). The third kappa shape index (κ3) is 2.65. The quantitative estimate of drug-likeness (QED) is 0.830. The van der Waals surface area contributed by atoms with Crippen molar-refractivity contribution in [3.8, 4) is 23.6 Å². The number of nitrogens with zero attached hydrogens (tertiary/aromatic N) is 2. The van der Waals surface area contributed by atoms with Gasteiger partial charge in [-0.05, 0) is 24.3 Å². The van der Waals surface area contributed by atoms with Crippen LogP contribution in [-0.2, 0) is 0 Å². The van der Waals surface area contributed by atoms with Crippen LogP contribution in [0.1, 0.15) is 11.1 Å². The lowest BCUT2D eigenvalue weighted by Crippen LogP contribution is -1.92. The summed E-state index contributed by atoms with van der Waals surface area (Å²) in [5.74, 6) is -0.177. The van der Waals surface area contributed by atoms with E-state index in [1.807, 2.05) is 12.1 Å². The molecule has 2 aromatic carbocycles. The van der Waals surface area contributed by atoms with Gasteiger partial charge >= 0.3 is 0 Å². The summed E-state index contributed by atoms with van der Waals surface area (Å²) < 4.78 is 18.5. The maximum atomic E-state index is 13.0. The first kappa shape index (κ1) is 12.9. The normalized spacial score (nSPS) is 9.47. The molecular formula is C14H6ClFN2O. The van der Waals surface area contributed by atoms with Gasteiger partial charge in [-0.1, -0.05) is 17.7 Å². The highest BCUT2D eigenvalue weighted by atomic mass is 35.5. The van der Waals surface area contributed by atoms with E-state index >= 15 is 0 Å². The molecule has 19 heavy (non-hydrogen) atoms. The lowest BCUT2D eigenvalue weighted by molar-refractivity contribution is 0.477. The second kappa shape index (κ2) is 5.39. The molecular weight excluding hydrogens is 267 g/mol. The molecule has 2 aromatic rings. The van der Waals surface area contributed by atoms with E-state index in [4.69, 9.17) is 26.9 Å². The van der Waals surface area contributed by atoms with Crippen molar-refractivity contribution in [2.45, 2.75) is 0 Å². The van der Waals surface area contributed by atoms with Gasteiger partial charge in [-0.15, -0.1) is 0 Å². The van der Waals surface area contributed by atoms with Gasteiger partial charge in [0.25, 0.3) is 0 Å². The van der Waals surface area contributed by atoms with Crippen LogP contribution in [0.2, 0.25) is 5.02 Å². The van der Waals surface area contributed by atoms with E-state index in [9.17, 15) is 4.39 Å². The average molecular weight is 273 g/mol. The highest BCUT2D eigenvalue weighted by Crippen LogP contribution is 2.30. The molecule has 0 fully saturated rings. The SMILES string of the molecule is N#Cc1cccc(C#N)c1Oc1ccc(F)c(Cl)c1. The summed E-state index contributed by atoms with van der Waals surface area (Å²) in [6, 6.07) is 12.3. The van der Waals surface area contributed by atoms with Crippen molar-refractivity contribution in [3.63, 3.8) is 0 Å².